The standard InChI is InChI=1S/C20H23NO2/c1-20(2,3)14-21-19-22-17(15-10-6-4-7-11-15)18(23-19)16-12-8-5-9-13-16/h4-14,17-19H,1-3H3/b21-14+/t17-,18-/m1/s1. The van der Waals surface area contributed by atoms with Crippen LogP contribution in [0.5, 0.6) is 0 Å². The molecule has 120 valence electrons. The Kier molecular flexibility index (Phi) is 4.60. The molecule has 0 bridgehead atoms. The first-order valence-electron chi connectivity index (χ1n) is 7.98. The Balaban J connectivity index is 1.87. The van der Waals surface area contributed by atoms with Crippen LogP contribution in [0.3, 0.4) is 0 Å². The summed E-state index contributed by atoms with van der Waals surface area (Å²) in [6.45, 7) is 6.32. The molecule has 0 N–H and O–H groups in total. The molecule has 0 radical (unpaired) electrons. The number of rotatable bonds is 3. The van der Waals surface area contributed by atoms with Gasteiger partial charge in [0.05, 0.1) is 0 Å². The van der Waals surface area contributed by atoms with Crippen molar-refractivity contribution in [3.8, 4) is 0 Å². The molecular weight excluding hydrogens is 286 g/mol. The Morgan fingerprint density at radius 3 is 1.61 bits per heavy atom. The molecule has 1 aliphatic heterocycles. The third kappa shape index (κ3) is 4.06. The maximum atomic E-state index is 6.09. The summed E-state index contributed by atoms with van der Waals surface area (Å²) < 4.78 is 12.2. The molecule has 3 rings (SSSR count). The van der Waals surface area contributed by atoms with Crippen LogP contribution in [-0.4, -0.2) is 12.6 Å². The predicted molar refractivity (Wildman–Crippen MR) is 92.3 cm³/mol. The maximum Gasteiger partial charge on any atom is 0.259 e. The van der Waals surface area contributed by atoms with Crippen LogP contribution in [0.4, 0.5) is 0 Å². The first-order chi connectivity index (χ1) is 11.0. The molecule has 1 saturated heterocycles. The lowest BCUT2D eigenvalue weighted by Gasteiger charge is -2.17. The van der Waals surface area contributed by atoms with Crippen LogP contribution in [0.25, 0.3) is 0 Å². The molecule has 0 saturated carbocycles. The molecule has 1 aliphatic rings. The van der Waals surface area contributed by atoms with Crippen LogP contribution in [-0.2, 0) is 9.47 Å². The van der Waals surface area contributed by atoms with Crippen molar-refractivity contribution in [1.29, 1.82) is 0 Å². The van der Waals surface area contributed by atoms with Crippen LogP contribution in [0.1, 0.15) is 44.1 Å². The number of nitrogens with zero attached hydrogens (tertiary/aromatic N) is 1. The molecule has 0 aliphatic carbocycles. The van der Waals surface area contributed by atoms with Gasteiger partial charge in [0.1, 0.15) is 12.2 Å². The van der Waals surface area contributed by atoms with Gasteiger partial charge in [0.15, 0.2) is 0 Å². The van der Waals surface area contributed by atoms with E-state index in [1.165, 1.54) is 0 Å². The number of benzene rings is 2. The van der Waals surface area contributed by atoms with Gasteiger partial charge in [0.25, 0.3) is 6.41 Å². The van der Waals surface area contributed by atoms with Crippen molar-refractivity contribution in [2.24, 2.45) is 10.4 Å². The van der Waals surface area contributed by atoms with E-state index in [4.69, 9.17) is 9.47 Å². The monoisotopic (exact) mass is 309 g/mol. The molecule has 0 spiro atoms. The average molecular weight is 309 g/mol. The number of aliphatic imine (C=N–C) groups is 1. The van der Waals surface area contributed by atoms with Gasteiger partial charge in [-0.1, -0.05) is 81.4 Å². The molecular formula is C20H23NO2. The van der Waals surface area contributed by atoms with E-state index in [9.17, 15) is 0 Å². The number of hydrogen-bond donors (Lipinski definition) is 0. The van der Waals surface area contributed by atoms with Crippen molar-refractivity contribution in [3.63, 3.8) is 0 Å². The normalized spacial score (nSPS) is 22.7. The lowest BCUT2D eigenvalue weighted by molar-refractivity contribution is -0.0589. The molecule has 1 heterocycles. The highest BCUT2D eigenvalue weighted by molar-refractivity contribution is 5.63. The van der Waals surface area contributed by atoms with Gasteiger partial charge in [-0.2, -0.15) is 0 Å². The van der Waals surface area contributed by atoms with E-state index in [1.54, 1.807) is 0 Å². The second kappa shape index (κ2) is 6.65. The van der Waals surface area contributed by atoms with Crippen molar-refractivity contribution in [3.05, 3.63) is 71.8 Å². The summed E-state index contributed by atoms with van der Waals surface area (Å²) in [6, 6.07) is 20.4. The van der Waals surface area contributed by atoms with Gasteiger partial charge in [0, 0.05) is 6.21 Å². The molecule has 3 nitrogen and oxygen atoms in total. The maximum absolute atomic E-state index is 6.09. The first kappa shape index (κ1) is 15.9. The van der Waals surface area contributed by atoms with Gasteiger partial charge in [0.2, 0.25) is 0 Å². The third-order valence-electron chi connectivity index (χ3n) is 3.64. The van der Waals surface area contributed by atoms with Crippen LogP contribution < -0.4 is 0 Å². The fourth-order valence-corrected chi connectivity index (χ4v) is 2.57. The smallest absolute Gasteiger partial charge is 0.259 e. The van der Waals surface area contributed by atoms with Gasteiger partial charge in [-0.05, 0) is 16.5 Å². The van der Waals surface area contributed by atoms with Crippen LogP contribution in [0.15, 0.2) is 65.7 Å². The van der Waals surface area contributed by atoms with Crippen LogP contribution in [0.2, 0.25) is 0 Å². The lowest BCUT2D eigenvalue weighted by atomic mass is 9.99. The van der Waals surface area contributed by atoms with E-state index in [0.717, 1.165) is 11.1 Å². The van der Waals surface area contributed by atoms with Gasteiger partial charge in [-0.3, -0.25) is 0 Å². The third-order valence-corrected chi connectivity index (χ3v) is 3.64. The molecule has 0 aromatic heterocycles. The summed E-state index contributed by atoms with van der Waals surface area (Å²) >= 11 is 0. The van der Waals surface area contributed by atoms with Gasteiger partial charge < -0.3 is 9.47 Å². The highest BCUT2D eigenvalue weighted by atomic mass is 16.7. The molecule has 23 heavy (non-hydrogen) atoms. The molecule has 0 amide bonds. The SMILES string of the molecule is CC(C)(C)/C=N/C1O[C@H](c2ccccc2)[C@@H](c2ccccc2)O1. The van der Waals surface area contributed by atoms with Crippen LogP contribution >= 0.6 is 0 Å². The highest BCUT2D eigenvalue weighted by Gasteiger charge is 2.38. The fourth-order valence-electron chi connectivity index (χ4n) is 2.57. The van der Waals surface area contributed by atoms with Gasteiger partial charge >= 0.3 is 0 Å². The van der Waals surface area contributed by atoms with Gasteiger partial charge in [-0.15, -0.1) is 0 Å². The average Bonchev–Trinajstić information content (AvgIpc) is 2.98. The quantitative estimate of drug-likeness (QED) is 0.754. The largest absolute Gasteiger partial charge is 0.323 e. The van der Waals surface area contributed by atoms with Crippen molar-refractivity contribution in [2.75, 3.05) is 0 Å². The predicted octanol–water partition coefficient (Wildman–Crippen LogP) is 4.92. The van der Waals surface area contributed by atoms with E-state index >= 15 is 0 Å². The fraction of sp³-hybridized carbons (Fsp3) is 0.350. The Hall–Kier alpha value is -1.97. The zero-order chi connectivity index (χ0) is 16.3. The minimum Gasteiger partial charge on any atom is -0.323 e. The van der Waals surface area contributed by atoms with Crippen molar-refractivity contribution in [1.82, 2.24) is 0 Å². The van der Waals surface area contributed by atoms with E-state index < -0.39 is 6.41 Å². The Morgan fingerprint density at radius 1 is 0.783 bits per heavy atom. The minimum absolute atomic E-state index is 0.000201. The summed E-state index contributed by atoms with van der Waals surface area (Å²) in [6.07, 6.45) is 1.03. The Labute approximate surface area is 138 Å². The second-order valence-electron chi connectivity index (χ2n) is 6.89. The minimum atomic E-state index is -0.565. The van der Waals surface area contributed by atoms with E-state index in [2.05, 4.69) is 50.0 Å². The van der Waals surface area contributed by atoms with Crippen molar-refractivity contribution >= 4 is 6.21 Å². The molecule has 2 aromatic rings. The highest BCUT2D eigenvalue weighted by Crippen LogP contribution is 2.42. The zero-order valence-corrected chi connectivity index (χ0v) is 13.8. The van der Waals surface area contributed by atoms with Crippen molar-refractivity contribution < 1.29 is 9.47 Å². The summed E-state index contributed by atoms with van der Waals surface area (Å²) in [4.78, 5) is 4.48. The lowest BCUT2D eigenvalue weighted by Crippen LogP contribution is -2.11. The zero-order valence-electron chi connectivity index (χ0n) is 13.8. The first-order valence-corrected chi connectivity index (χ1v) is 7.98. The summed E-state index contributed by atoms with van der Waals surface area (Å²) in [7, 11) is 0. The summed E-state index contributed by atoms with van der Waals surface area (Å²) in [5, 5.41) is 0. The molecule has 2 atom stereocenters. The molecule has 1 fully saturated rings. The molecule has 2 aromatic carbocycles. The topological polar surface area (TPSA) is 30.8 Å². The molecule has 0 unspecified atom stereocenters. The van der Waals surface area contributed by atoms with Gasteiger partial charge in [-0.25, -0.2) is 4.99 Å². The second-order valence-corrected chi connectivity index (χ2v) is 6.89. The number of hydrogen-bond acceptors (Lipinski definition) is 3. The van der Waals surface area contributed by atoms with E-state index in [1.807, 2.05) is 42.6 Å². The van der Waals surface area contributed by atoms with E-state index in [0.29, 0.717) is 0 Å². The Morgan fingerprint density at radius 2 is 1.22 bits per heavy atom. The molecule has 3 heteroatoms. The van der Waals surface area contributed by atoms with Crippen LogP contribution in [0, 0.1) is 5.41 Å². The van der Waals surface area contributed by atoms with E-state index in [-0.39, 0.29) is 17.6 Å². The summed E-state index contributed by atoms with van der Waals surface area (Å²) in [5.41, 5.74) is 2.21. The van der Waals surface area contributed by atoms with Crippen molar-refractivity contribution in [2.45, 2.75) is 39.4 Å². The summed E-state index contributed by atoms with van der Waals surface area (Å²) in [5.74, 6) is 0. The Bertz CT molecular complexity index is 599. The number of ether oxygens (including phenoxy) is 2.